The number of halogens is 7. The molecule has 0 bridgehead atoms. The number of benzene rings is 2. The summed E-state index contributed by atoms with van der Waals surface area (Å²) in [6.45, 7) is 2.67. The van der Waals surface area contributed by atoms with Crippen molar-refractivity contribution < 1.29 is 45.4 Å². The van der Waals surface area contributed by atoms with Gasteiger partial charge in [0.05, 0.1) is 0 Å². The van der Waals surface area contributed by atoms with Gasteiger partial charge in [-0.15, -0.1) is 0 Å². The number of primary amides is 1. The second-order valence-electron chi connectivity index (χ2n) is 10.6. The zero-order valence-corrected chi connectivity index (χ0v) is 21.4. The first-order chi connectivity index (χ1) is 18.5. The molecule has 0 unspecified atom stereocenters. The zero-order valence-electron chi connectivity index (χ0n) is 21.4. The zero-order chi connectivity index (χ0) is 29.7. The van der Waals surface area contributed by atoms with Crippen molar-refractivity contribution in [3.63, 3.8) is 0 Å². The van der Waals surface area contributed by atoms with Crippen molar-refractivity contribution in [1.82, 2.24) is 9.80 Å². The van der Waals surface area contributed by atoms with Crippen molar-refractivity contribution in [2.45, 2.75) is 49.1 Å². The smallest absolute Gasteiger partial charge is 0.369 e. The number of piperidine rings is 1. The number of carbonyl (C=O) groups excluding carboxylic acids is 2. The van der Waals surface area contributed by atoms with E-state index in [1.165, 1.54) is 29.2 Å². The first kappa shape index (κ1) is 29.6. The number of hydrogen-bond acceptors (Lipinski definition) is 3. The molecule has 0 spiro atoms. The number of aliphatic hydroxyl groups is 1. The SMILES string of the molecule is C[C@]1(c2ccc(F)cc2)CN(C(=O)C2CCN(C(N)=O)CC2)C[C@H]1c1ccc(C(O)(C(F)(F)F)C(F)(F)F)cc1. The maximum atomic E-state index is 13.7. The van der Waals surface area contributed by atoms with Crippen LogP contribution in [0.4, 0.5) is 35.5 Å². The predicted octanol–water partition coefficient (Wildman–Crippen LogP) is 4.81. The van der Waals surface area contributed by atoms with Gasteiger partial charge in [-0.1, -0.05) is 43.3 Å². The minimum Gasteiger partial charge on any atom is -0.369 e. The molecule has 0 radical (unpaired) electrons. The van der Waals surface area contributed by atoms with Crippen LogP contribution in [0.3, 0.4) is 0 Å². The van der Waals surface area contributed by atoms with Gasteiger partial charge in [0.25, 0.3) is 5.60 Å². The molecule has 0 saturated carbocycles. The van der Waals surface area contributed by atoms with Gasteiger partial charge in [0, 0.05) is 49.0 Å². The highest BCUT2D eigenvalue weighted by molar-refractivity contribution is 5.80. The van der Waals surface area contributed by atoms with E-state index in [-0.39, 0.29) is 19.0 Å². The Hall–Kier alpha value is -3.35. The Balaban J connectivity index is 1.67. The molecule has 0 aromatic heterocycles. The molecule has 2 aromatic rings. The monoisotopic (exact) mass is 575 g/mol. The number of carbonyl (C=O) groups is 2. The fraction of sp³-hybridized carbons (Fsp3) is 0.481. The lowest BCUT2D eigenvalue weighted by Crippen LogP contribution is -2.53. The van der Waals surface area contributed by atoms with E-state index in [9.17, 15) is 45.4 Å². The molecule has 2 aliphatic heterocycles. The van der Waals surface area contributed by atoms with Crippen molar-refractivity contribution >= 4 is 11.9 Å². The van der Waals surface area contributed by atoms with E-state index < -0.39 is 52.6 Å². The summed E-state index contributed by atoms with van der Waals surface area (Å²) in [5.41, 5.74) is -1.02. The van der Waals surface area contributed by atoms with Crippen LogP contribution < -0.4 is 5.73 Å². The summed E-state index contributed by atoms with van der Waals surface area (Å²) in [6, 6.07) is 8.30. The van der Waals surface area contributed by atoms with Crippen LogP contribution in [-0.4, -0.2) is 65.4 Å². The summed E-state index contributed by atoms with van der Waals surface area (Å²) in [5.74, 6) is -1.67. The minimum atomic E-state index is -6.02. The highest BCUT2D eigenvalue weighted by Crippen LogP contribution is 2.51. The molecule has 40 heavy (non-hydrogen) atoms. The van der Waals surface area contributed by atoms with Gasteiger partial charge in [-0.25, -0.2) is 9.18 Å². The Morgan fingerprint density at radius 3 is 1.90 bits per heavy atom. The second-order valence-corrected chi connectivity index (χ2v) is 10.6. The third-order valence-electron chi connectivity index (χ3n) is 8.21. The average Bonchev–Trinajstić information content (AvgIpc) is 3.25. The van der Waals surface area contributed by atoms with Crippen LogP contribution in [0.15, 0.2) is 48.5 Å². The largest absolute Gasteiger partial charge is 0.430 e. The van der Waals surface area contributed by atoms with Crippen LogP contribution in [-0.2, 0) is 15.8 Å². The molecule has 6 nitrogen and oxygen atoms in total. The molecule has 3 amide bonds. The molecule has 2 fully saturated rings. The Morgan fingerprint density at radius 2 is 1.43 bits per heavy atom. The third-order valence-corrected chi connectivity index (χ3v) is 8.21. The van der Waals surface area contributed by atoms with Crippen molar-refractivity contribution in [2.75, 3.05) is 26.2 Å². The van der Waals surface area contributed by atoms with Crippen LogP contribution >= 0.6 is 0 Å². The van der Waals surface area contributed by atoms with Gasteiger partial charge in [-0.05, 0) is 36.1 Å². The maximum Gasteiger partial charge on any atom is 0.430 e. The lowest BCUT2D eigenvalue weighted by Gasteiger charge is -2.34. The fourth-order valence-electron chi connectivity index (χ4n) is 5.81. The molecule has 218 valence electrons. The molecule has 3 N–H and O–H groups in total. The molecule has 2 atom stereocenters. The highest BCUT2D eigenvalue weighted by Gasteiger charge is 2.71. The van der Waals surface area contributed by atoms with E-state index in [0.717, 1.165) is 12.1 Å². The topological polar surface area (TPSA) is 86.9 Å². The van der Waals surface area contributed by atoms with Gasteiger partial charge >= 0.3 is 18.4 Å². The summed E-state index contributed by atoms with van der Waals surface area (Å²) >= 11 is 0. The van der Waals surface area contributed by atoms with Gasteiger partial charge in [0.2, 0.25) is 5.91 Å². The quantitative estimate of drug-likeness (QED) is 0.513. The van der Waals surface area contributed by atoms with Crippen LogP contribution in [0, 0.1) is 11.7 Å². The number of nitrogens with zero attached hydrogens (tertiary/aromatic N) is 2. The van der Waals surface area contributed by atoms with E-state index in [0.29, 0.717) is 49.2 Å². The van der Waals surface area contributed by atoms with Crippen molar-refractivity contribution in [3.05, 3.63) is 71.0 Å². The van der Waals surface area contributed by atoms with Gasteiger partial charge in [0.1, 0.15) is 5.82 Å². The van der Waals surface area contributed by atoms with E-state index in [4.69, 9.17) is 5.73 Å². The number of nitrogens with two attached hydrogens (primary N) is 1. The van der Waals surface area contributed by atoms with Crippen molar-refractivity contribution in [3.8, 4) is 0 Å². The Bertz CT molecular complexity index is 1230. The van der Waals surface area contributed by atoms with E-state index >= 15 is 0 Å². The molecule has 2 heterocycles. The highest BCUT2D eigenvalue weighted by atomic mass is 19.4. The number of amides is 3. The Kier molecular flexibility index (Phi) is 7.59. The number of likely N-dealkylation sites (tertiary alicyclic amines) is 2. The van der Waals surface area contributed by atoms with Gasteiger partial charge in [0.15, 0.2) is 0 Å². The third kappa shape index (κ3) is 5.11. The molecule has 0 aliphatic carbocycles. The first-order valence-corrected chi connectivity index (χ1v) is 12.5. The Labute approximate surface area is 225 Å². The average molecular weight is 576 g/mol. The summed E-state index contributed by atoms with van der Waals surface area (Å²) in [7, 11) is 0. The molecule has 2 aromatic carbocycles. The maximum absolute atomic E-state index is 13.7. The fourth-order valence-corrected chi connectivity index (χ4v) is 5.81. The van der Waals surface area contributed by atoms with Crippen LogP contribution in [0.25, 0.3) is 0 Å². The number of urea groups is 1. The molecule has 13 heteroatoms. The number of rotatable bonds is 4. The number of alkyl halides is 6. The molecular weight excluding hydrogens is 547 g/mol. The molecule has 2 saturated heterocycles. The summed E-state index contributed by atoms with van der Waals surface area (Å²) in [4.78, 5) is 27.9. The molecule has 2 aliphatic rings. The number of hydrogen-bond donors (Lipinski definition) is 2. The van der Waals surface area contributed by atoms with Crippen molar-refractivity contribution in [2.24, 2.45) is 11.7 Å². The van der Waals surface area contributed by atoms with Gasteiger partial charge in [-0.3, -0.25) is 4.79 Å². The molecule has 4 rings (SSSR count). The standard InChI is InChI=1S/C27H28F7N3O3/c1-24(18-6-8-20(28)9-7-18)15-37(22(38)17-10-12-36(13-11-17)23(35)39)14-21(24)16-2-4-19(5-3-16)25(40,26(29,30)31)27(32,33)34/h2-9,17,21,40H,10-15H2,1H3,(H2,35,39)/t21-,24+/m0/s1. The lowest BCUT2D eigenvalue weighted by molar-refractivity contribution is -0.376. The summed E-state index contributed by atoms with van der Waals surface area (Å²) in [6.07, 6.45) is -11.3. The van der Waals surface area contributed by atoms with Crippen LogP contribution in [0.1, 0.15) is 42.4 Å². The second kappa shape index (κ2) is 10.2. The minimum absolute atomic E-state index is 0.102. The summed E-state index contributed by atoms with van der Waals surface area (Å²) in [5, 5.41) is 9.76. The molecular formula is C27H28F7N3O3. The van der Waals surface area contributed by atoms with E-state index in [1.807, 2.05) is 0 Å². The van der Waals surface area contributed by atoms with Crippen LogP contribution in [0.5, 0.6) is 0 Å². The van der Waals surface area contributed by atoms with Crippen molar-refractivity contribution in [1.29, 1.82) is 0 Å². The Morgan fingerprint density at radius 1 is 0.900 bits per heavy atom. The predicted molar refractivity (Wildman–Crippen MR) is 129 cm³/mol. The van der Waals surface area contributed by atoms with Crippen LogP contribution in [0.2, 0.25) is 0 Å². The van der Waals surface area contributed by atoms with E-state index in [2.05, 4.69) is 0 Å². The van der Waals surface area contributed by atoms with E-state index in [1.54, 1.807) is 11.8 Å². The first-order valence-electron chi connectivity index (χ1n) is 12.5. The summed E-state index contributed by atoms with van der Waals surface area (Å²) < 4.78 is 94.0. The normalized spacial score (nSPS) is 23.0. The van der Waals surface area contributed by atoms with Gasteiger partial charge < -0.3 is 20.6 Å². The lowest BCUT2D eigenvalue weighted by atomic mass is 9.71. The van der Waals surface area contributed by atoms with Gasteiger partial charge in [-0.2, -0.15) is 26.3 Å².